The smallest absolute Gasteiger partial charge is 0.227 e. The van der Waals surface area contributed by atoms with Crippen LogP contribution in [0.3, 0.4) is 0 Å². The number of anilines is 1. The van der Waals surface area contributed by atoms with Gasteiger partial charge in [0.05, 0.1) is 25.4 Å². The minimum absolute atomic E-state index is 0. The third-order valence-electron chi connectivity index (χ3n) is 6.02. The van der Waals surface area contributed by atoms with Gasteiger partial charge in [-0.1, -0.05) is 12.1 Å². The van der Waals surface area contributed by atoms with Crippen LogP contribution in [-0.2, 0) is 17.8 Å². The van der Waals surface area contributed by atoms with E-state index in [1.165, 1.54) is 17.0 Å². The van der Waals surface area contributed by atoms with Gasteiger partial charge in [0.25, 0.3) is 0 Å². The molecule has 0 bridgehead atoms. The number of fused-ring (bicyclic) bond motifs is 1. The number of aliphatic hydroxyl groups is 2. The van der Waals surface area contributed by atoms with Crippen molar-refractivity contribution in [2.45, 2.75) is 37.5 Å². The van der Waals surface area contributed by atoms with E-state index in [9.17, 15) is 19.4 Å². The Morgan fingerprint density at radius 2 is 1.97 bits per heavy atom. The molecule has 1 saturated heterocycles. The van der Waals surface area contributed by atoms with Crippen molar-refractivity contribution < 1.29 is 28.9 Å². The number of nitrogens with one attached hydrogen (secondary N) is 1. The molecule has 2 aromatic rings. The third-order valence-corrected chi connectivity index (χ3v) is 6.02. The summed E-state index contributed by atoms with van der Waals surface area (Å²) in [7, 11) is 1.58. The van der Waals surface area contributed by atoms with Gasteiger partial charge < -0.3 is 29.9 Å². The minimum atomic E-state index is -1.38. The minimum Gasteiger partial charge on any atom is -0.497 e. The van der Waals surface area contributed by atoms with Gasteiger partial charge in [-0.25, -0.2) is 4.39 Å². The van der Waals surface area contributed by atoms with Crippen LogP contribution in [0.1, 0.15) is 24.0 Å². The van der Waals surface area contributed by atoms with Crippen LogP contribution in [0.5, 0.6) is 11.5 Å². The molecule has 2 heterocycles. The lowest BCUT2D eigenvalue weighted by atomic mass is 9.90. The first-order chi connectivity index (χ1) is 14.9. The molecule has 0 spiro atoms. The zero-order valence-corrected chi connectivity index (χ0v) is 18.7. The quantitative estimate of drug-likeness (QED) is 0.604. The highest BCUT2D eigenvalue weighted by Crippen LogP contribution is 2.38. The Labute approximate surface area is 192 Å². The molecule has 1 amide bonds. The van der Waals surface area contributed by atoms with Crippen LogP contribution in [0, 0.1) is 5.82 Å². The van der Waals surface area contributed by atoms with Gasteiger partial charge in [0.1, 0.15) is 29.5 Å². The van der Waals surface area contributed by atoms with Crippen LogP contribution in [-0.4, -0.2) is 54.6 Å². The number of ether oxygens (including phenoxy) is 2. The maximum Gasteiger partial charge on any atom is 0.227 e. The van der Waals surface area contributed by atoms with E-state index in [0.29, 0.717) is 36.4 Å². The molecule has 4 rings (SSSR count). The summed E-state index contributed by atoms with van der Waals surface area (Å²) in [5.74, 6) is 0.466. The highest BCUT2D eigenvalue weighted by molar-refractivity contribution is 5.97. The number of β-amino-alcohol motifs (C(OH)–C–C–N with tert-alkyl or cyclic N) is 1. The molecular weight excluding hydrogens is 439 g/mol. The van der Waals surface area contributed by atoms with Gasteiger partial charge in [0.2, 0.25) is 5.91 Å². The molecule has 3 N–H and O–H groups in total. The molecule has 2 atom stereocenters. The zero-order valence-electron chi connectivity index (χ0n) is 17.8. The van der Waals surface area contributed by atoms with Crippen molar-refractivity contribution in [3.05, 3.63) is 53.3 Å². The number of aliphatic hydroxyl groups excluding tert-OH is 1. The predicted octanol–water partition coefficient (Wildman–Crippen LogP) is 2.20. The van der Waals surface area contributed by atoms with E-state index in [-0.39, 0.29) is 50.1 Å². The lowest BCUT2D eigenvalue weighted by molar-refractivity contribution is -0.119. The number of halogens is 2. The molecule has 174 valence electrons. The fourth-order valence-electron chi connectivity index (χ4n) is 4.10. The fraction of sp³-hybridized carbons (Fsp3) is 0.435. The molecule has 0 saturated carbocycles. The SMILES string of the molecule is COc1ccc(CN2C(=O)CCc3c(OC[C@@]4(O)CCNC[C@@H]4O)ccc(F)c32)cc1.Cl. The predicted molar refractivity (Wildman–Crippen MR) is 120 cm³/mol. The zero-order chi connectivity index (χ0) is 22.0. The monoisotopic (exact) mass is 466 g/mol. The summed E-state index contributed by atoms with van der Waals surface area (Å²) in [6.45, 7) is 0.971. The number of carbonyl (C=O) groups excluding carboxylic acids is 1. The largest absolute Gasteiger partial charge is 0.497 e. The molecule has 1 fully saturated rings. The second-order valence-corrected chi connectivity index (χ2v) is 8.06. The number of benzene rings is 2. The van der Waals surface area contributed by atoms with Crippen LogP contribution in [0.2, 0.25) is 0 Å². The third kappa shape index (κ3) is 4.83. The van der Waals surface area contributed by atoms with Gasteiger partial charge >= 0.3 is 0 Å². The topological polar surface area (TPSA) is 91.3 Å². The molecule has 2 aromatic carbocycles. The highest BCUT2D eigenvalue weighted by atomic mass is 35.5. The number of amides is 1. The molecule has 0 unspecified atom stereocenters. The van der Waals surface area contributed by atoms with Gasteiger partial charge in [-0.05, 0) is 49.2 Å². The van der Waals surface area contributed by atoms with E-state index in [2.05, 4.69) is 5.32 Å². The molecule has 32 heavy (non-hydrogen) atoms. The molecule has 0 aromatic heterocycles. The first-order valence-electron chi connectivity index (χ1n) is 10.4. The maximum atomic E-state index is 14.9. The van der Waals surface area contributed by atoms with E-state index in [1.807, 2.05) is 12.1 Å². The van der Waals surface area contributed by atoms with Gasteiger partial charge in [-0.15, -0.1) is 12.4 Å². The molecular formula is C23H28ClFN2O5. The molecule has 9 heteroatoms. The average molecular weight is 467 g/mol. The van der Waals surface area contributed by atoms with Crippen molar-refractivity contribution in [2.24, 2.45) is 0 Å². The van der Waals surface area contributed by atoms with Crippen LogP contribution in [0.4, 0.5) is 10.1 Å². The van der Waals surface area contributed by atoms with Crippen LogP contribution in [0.25, 0.3) is 0 Å². The van der Waals surface area contributed by atoms with Crippen molar-refractivity contribution in [3.63, 3.8) is 0 Å². The molecule has 2 aliphatic heterocycles. The summed E-state index contributed by atoms with van der Waals surface area (Å²) >= 11 is 0. The summed E-state index contributed by atoms with van der Waals surface area (Å²) in [5, 5.41) is 23.9. The number of carbonyl (C=O) groups is 1. The van der Waals surface area contributed by atoms with Crippen LogP contribution < -0.4 is 19.7 Å². The van der Waals surface area contributed by atoms with E-state index < -0.39 is 17.5 Å². The summed E-state index contributed by atoms with van der Waals surface area (Å²) in [5.41, 5.74) is 0.280. The summed E-state index contributed by atoms with van der Waals surface area (Å²) in [6, 6.07) is 10.1. The maximum absolute atomic E-state index is 14.9. The number of hydrogen-bond acceptors (Lipinski definition) is 6. The van der Waals surface area contributed by atoms with Crippen molar-refractivity contribution >= 4 is 24.0 Å². The van der Waals surface area contributed by atoms with Crippen molar-refractivity contribution in [3.8, 4) is 11.5 Å². The van der Waals surface area contributed by atoms with Gasteiger partial charge in [-0.3, -0.25) is 4.79 Å². The Kier molecular flexibility index (Phi) is 7.61. The highest BCUT2D eigenvalue weighted by Gasteiger charge is 2.39. The van der Waals surface area contributed by atoms with Crippen LogP contribution in [0.15, 0.2) is 36.4 Å². The Bertz CT molecular complexity index is 958. The molecule has 2 aliphatic rings. The van der Waals surface area contributed by atoms with Crippen molar-refractivity contribution in [2.75, 3.05) is 31.7 Å². The standard InChI is InChI=1S/C23H27FN2O5.ClH/c1-30-16-4-2-15(3-5-16)13-26-21(28)9-6-17-19(8-7-18(24)22(17)26)31-14-23(29)10-11-25-12-20(23)27;/h2-5,7-8,20,25,27,29H,6,9-14H2,1H3;1H/t20-,23-;/m0./s1. The van der Waals surface area contributed by atoms with E-state index in [4.69, 9.17) is 9.47 Å². The molecule has 0 aliphatic carbocycles. The number of hydrogen-bond donors (Lipinski definition) is 3. The summed E-state index contributed by atoms with van der Waals surface area (Å²) < 4.78 is 25.9. The van der Waals surface area contributed by atoms with Gasteiger partial charge in [0, 0.05) is 18.5 Å². The number of methoxy groups -OCH3 is 1. The average Bonchev–Trinajstić information content (AvgIpc) is 2.78. The number of piperidine rings is 1. The van der Waals surface area contributed by atoms with E-state index >= 15 is 0 Å². The second-order valence-electron chi connectivity index (χ2n) is 8.06. The summed E-state index contributed by atoms with van der Waals surface area (Å²) in [6.07, 6.45) is -0.0202. The normalized spacial score (nSPS) is 22.7. The van der Waals surface area contributed by atoms with E-state index in [0.717, 1.165) is 5.56 Å². The first kappa shape index (κ1) is 24.3. The van der Waals surface area contributed by atoms with E-state index in [1.54, 1.807) is 19.2 Å². The van der Waals surface area contributed by atoms with Crippen molar-refractivity contribution in [1.82, 2.24) is 5.32 Å². The van der Waals surface area contributed by atoms with Crippen LogP contribution >= 0.6 is 12.4 Å². The Morgan fingerprint density at radius 3 is 2.66 bits per heavy atom. The fourth-order valence-corrected chi connectivity index (χ4v) is 4.10. The van der Waals surface area contributed by atoms with Gasteiger partial charge in [0.15, 0.2) is 0 Å². The molecule has 0 radical (unpaired) electrons. The van der Waals surface area contributed by atoms with Gasteiger partial charge in [-0.2, -0.15) is 0 Å². The lowest BCUT2D eigenvalue weighted by Gasteiger charge is -2.37. The lowest BCUT2D eigenvalue weighted by Crippen LogP contribution is -2.57. The molecule has 7 nitrogen and oxygen atoms in total. The van der Waals surface area contributed by atoms with Crippen molar-refractivity contribution in [1.29, 1.82) is 0 Å². The Hall–Kier alpha value is -2.39. The number of nitrogens with zero attached hydrogens (tertiary/aromatic N) is 1. The second kappa shape index (κ2) is 10.0. The Morgan fingerprint density at radius 1 is 1.22 bits per heavy atom. The first-order valence-corrected chi connectivity index (χ1v) is 10.4. The summed E-state index contributed by atoms with van der Waals surface area (Å²) in [4.78, 5) is 14.1. The number of rotatable bonds is 6. The Balaban J connectivity index is 0.00000289.